The van der Waals surface area contributed by atoms with Gasteiger partial charge in [0.25, 0.3) is 0 Å². The van der Waals surface area contributed by atoms with E-state index in [0.29, 0.717) is 10.0 Å². The van der Waals surface area contributed by atoms with Crippen LogP contribution in [0.15, 0.2) is 12.1 Å². The first-order valence-corrected chi connectivity index (χ1v) is 7.12. The Labute approximate surface area is 123 Å². The minimum Gasteiger partial charge on any atom is -0.378 e. The van der Waals surface area contributed by atoms with Crippen molar-refractivity contribution in [1.29, 1.82) is 0 Å². The molecule has 0 aliphatic heterocycles. The van der Waals surface area contributed by atoms with Gasteiger partial charge in [-0.25, -0.2) is 4.98 Å². The summed E-state index contributed by atoms with van der Waals surface area (Å²) >= 11 is 13.4. The van der Waals surface area contributed by atoms with Crippen LogP contribution in [0, 0.1) is 6.92 Å². The molecule has 0 aliphatic rings. The largest absolute Gasteiger partial charge is 0.378 e. The van der Waals surface area contributed by atoms with Crippen LogP contribution in [0.4, 0.5) is 5.00 Å². The third-order valence-corrected chi connectivity index (χ3v) is 4.53. The predicted molar refractivity (Wildman–Crippen MR) is 81.5 cm³/mol. The summed E-state index contributed by atoms with van der Waals surface area (Å²) in [6.07, 6.45) is 0. The number of aryl methyl sites for hydroxylation is 1. The zero-order valence-corrected chi connectivity index (χ0v) is 12.5. The summed E-state index contributed by atoms with van der Waals surface area (Å²) in [6, 6.07) is 3.54. The highest BCUT2D eigenvalue weighted by molar-refractivity contribution is 7.10. The third-order valence-electron chi connectivity index (χ3n) is 2.85. The van der Waals surface area contributed by atoms with Crippen LogP contribution in [-0.4, -0.2) is 21.4 Å². The van der Waals surface area contributed by atoms with Gasteiger partial charge in [-0.15, -0.1) is 0 Å². The number of halogens is 2. The van der Waals surface area contributed by atoms with E-state index < -0.39 is 0 Å². The Morgan fingerprint density at radius 2 is 2.00 bits per heavy atom. The number of aromatic amines is 1. The fourth-order valence-electron chi connectivity index (χ4n) is 1.94. The average Bonchev–Trinajstić information content (AvgIpc) is 2.93. The molecule has 4 nitrogen and oxygen atoms in total. The van der Waals surface area contributed by atoms with Gasteiger partial charge in [0.05, 0.1) is 32.3 Å². The molecular weight excluding hydrogens is 303 g/mol. The van der Waals surface area contributed by atoms with Gasteiger partial charge in [-0.2, -0.15) is 4.37 Å². The molecule has 0 atom stereocenters. The molecule has 3 rings (SSSR count). The van der Waals surface area contributed by atoms with Gasteiger partial charge in [-0.05, 0) is 30.6 Å². The summed E-state index contributed by atoms with van der Waals surface area (Å²) in [5.41, 5.74) is 3.57. The lowest BCUT2D eigenvalue weighted by atomic mass is 10.2. The number of hydrogen-bond donors (Lipinski definition) is 2. The summed E-state index contributed by atoms with van der Waals surface area (Å²) in [7, 11) is 1.87. The second-order valence-corrected chi connectivity index (χ2v) is 5.68. The Morgan fingerprint density at radius 3 is 2.74 bits per heavy atom. The molecule has 2 aromatic heterocycles. The molecule has 2 N–H and O–H groups in total. The number of imidazole rings is 1. The topological polar surface area (TPSA) is 53.6 Å². The van der Waals surface area contributed by atoms with Gasteiger partial charge in [-0.1, -0.05) is 23.2 Å². The highest BCUT2D eigenvalue weighted by Gasteiger charge is 2.16. The number of anilines is 1. The van der Waals surface area contributed by atoms with E-state index in [2.05, 4.69) is 19.7 Å². The lowest BCUT2D eigenvalue weighted by molar-refractivity contribution is 1.28. The van der Waals surface area contributed by atoms with Gasteiger partial charge in [0, 0.05) is 7.05 Å². The van der Waals surface area contributed by atoms with E-state index in [1.165, 1.54) is 11.5 Å². The molecule has 3 aromatic rings. The van der Waals surface area contributed by atoms with Crippen molar-refractivity contribution in [2.45, 2.75) is 6.92 Å². The zero-order valence-electron chi connectivity index (χ0n) is 10.2. The van der Waals surface area contributed by atoms with Crippen molar-refractivity contribution in [1.82, 2.24) is 14.3 Å². The monoisotopic (exact) mass is 312 g/mol. The van der Waals surface area contributed by atoms with Crippen LogP contribution in [0.2, 0.25) is 10.0 Å². The number of H-pyrrole nitrogens is 1. The second kappa shape index (κ2) is 4.67. The Bertz CT molecular complexity index is 724. The fraction of sp³-hybridized carbons (Fsp3) is 0.167. The molecule has 0 saturated carbocycles. The van der Waals surface area contributed by atoms with Gasteiger partial charge in [0.2, 0.25) is 0 Å². The highest BCUT2D eigenvalue weighted by atomic mass is 35.5. The standard InChI is InChI=1S/C12H10Cl2N4S/c1-5-10(12(15-2)19-18-5)11-16-8-3-6(13)7(14)4-9(8)17-11/h3-4,15H,1-2H3,(H,16,17). The van der Waals surface area contributed by atoms with Gasteiger partial charge in [0.15, 0.2) is 0 Å². The minimum absolute atomic E-state index is 0.501. The van der Waals surface area contributed by atoms with Crippen molar-refractivity contribution in [3.8, 4) is 11.4 Å². The number of nitrogens with one attached hydrogen (secondary N) is 2. The van der Waals surface area contributed by atoms with Gasteiger partial charge >= 0.3 is 0 Å². The van der Waals surface area contributed by atoms with Crippen LogP contribution in [0.25, 0.3) is 22.4 Å². The molecule has 98 valence electrons. The van der Waals surface area contributed by atoms with E-state index in [0.717, 1.165) is 33.1 Å². The van der Waals surface area contributed by atoms with Crippen molar-refractivity contribution in [2.24, 2.45) is 0 Å². The Balaban J connectivity index is 2.23. The predicted octanol–water partition coefficient (Wildman–Crippen LogP) is 4.34. The van der Waals surface area contributed by atoms with Crippen LogP contribution in [0.1, 0.15) is 5.69 Å². The van der Waals surface area contributed by atoms with Crippen molar-refractivity contribution < 1.29 is 0 Å². The molecule has 0 saturated heterocycles. The van der Waals surface area contributed by atoms with Gasteiger partial charge in [0.1, 0.15) is 10.8 Å². The Morgan fingerprint density at radius 1 is 1.26 bits per heavy atom. The highest BCUT2D eigenvalue weighted by Crippen LogP contribution is 2.35. The lowest BCUT2D eigenvalue weighted by Crippen LogP contribution is -1.89. The van der Waals surface area contributed by atoms with Crippen LogP contribution in [0.3, 0.4) is 0 Å². The SMILES string of the molecule is CNc1snc(C)c1-c1nc2cc(Cl)c(Cl)cc2[nH]1. The summed E-state index contributed by atoms with van der Waals surface area (Å²) < 4.78 is 4.34. The van der Waals surface area contributed by atoms with Crippen LogP contribution in [-0.2, 0) is 0 Å². The van der Waals surface area contributed by atoms with Gasteiger partial charge < -0.3 is 10.3 Å². The Kier molecular flexibility index (Phi) is 3.12. The van der Waals surface area contributed by atoms with Gasteiger partial charge in [-0.3, -0.25) is 0 Å². The summed E-state index contributed by atoms with van der Waals surface area (Å²) in [5.74, 6) is 0.768. The first kappa shape index (κ1) is 12.7. The smallest absolute Gasteiger partial charge is 0.143 e. The molecular formula is C12H10Cl2N4S. The average molecular weight is 313 g/mol. The summed E-state index contributed by atoms with van der Waals surface area (Å²) in [6.45, 7) is 1.96. The first-order valence-electron chi connectivity index (χ1n) is 5.59. The quantitative estimate of drug-likeness (QED) is 0.740. The number of fused-ring (bicyclic) bond motifs is 1. The molecule has 19 heavy (non-hydrogen) atoms. The van der Waals surface area contributed by atoms with E-state index in [9.17, 15) is 0 Å². The molecule has 2 heterocycles. The van der Waals surface area contributed by atoms with E-state index in [4.69, 9.17) is 23.2 Å². The molecule has 0 unspecified atom stereocenters. The van der Waals surface area contributed by atoms with Crippen LogP contribution >= 0.6 is 34.7 Å². The van der Waals surface area contributed by atoms with E-state index >= 15 is 0 Å². The van der Waals surface area contributed by atoms with Crippen molar-refractivity contribution in [3.05, 3.63) is 27.9 Å². The van der Waals surface area contributed by atoms with Crippen molar-refractivity contribution in [2.75, 3.05) is 12.4 Å². The number of nitrogens with zero attached hydrogens (tertiary/aromatic N) is 2. The zero-order chi connectivity index (χ0) is 13.6. The third kappa shape index (κ3) is 2.08. The molecule has 1 aromatic carbocycles. The lowest BCUT2D eigenvalue weighted by Gasteiger charge is -1.98. The number of rotatable bonds is 2. The molecule has 0 spiro atoms. The summed E-state index contributed by atoms with van der Waals surface area (Å²) in [5, 5.41) is 5.12. The molecule has 7 heteroatoms. The minimum atomic E-state index is 0.501. The van der Waals surface area contributed by atoms with Crippen LogP contribution in [0.5, 0.6) is 0 Å². The van der Waals surface area contributed by atoms with E-state index in [-0.39, 0.29) is 0 Å². The second-order valence-electron chi connectivity index (χ2n) is 4.09. The molecule has 0 bridgehead atoms. The molecule has 0 radical (unpaired) electrons. The van der Waals surface area contributed by atoms with Crippen LogP contribution < -0.4 is 5.32 Å². The summed E-state index contributed by atoms with van der Waals surface area (Å²) in [4.78, 5) is 7.81. The molecule has 0 fully saturated rings. The van der Waals surface area contributed by atoms with Crippen molar-refractivity contribution >= 4 is 50.8 Å². The maximum atomic E-state index is 6.01. The number of aromatic nitrogens is 3. The maximum absolute atomic E-state index is 6.01. The Hall–Kier alpha value is -1.30. The fourth-order valence-corrected chi connectivity index (χ4v) is 3.01. The van der Waals surface area contributed by atoms with E-state index in [1.54, 1.807) is 12.1 Å². The normalized spacial score (nSPS) is 11.2. The van der Waals surface area contributed by atoms with Crippen molar-refractivity contribution in [3.63, 3.8) is 0 Å². The molecule has 0 amide bonds. The first-order chi connectivity index (χ1) is 9.10. The number of benzene rings is 1. The number of hydrogen-bond acceptors (Lipinski definition) is 4. The molecule has 0 aliphatic carbocycles. The maximum Gasteiger partial charge on any atom is 0.143 e. The van der Waals surface area contributed by atoms with E-state index in [1.807, 2.05) is 14.0 Å².